The Hall–Kier alpha value is -1.64. The van der Waals surface area contributed by atoms with Crippen LogP contribution in [0.4, 0.5) is 0 Å². The third-order valence-corrected chi connectivity index (χ3v) is 2.45. The summed E-state index contributed by atoms with van der Waals surface area (Å²) in [6.45, 7) is 3.78. The van der Waals surface area contributed by atoms with Gasteiger partial charge in [0, 0.05) is 0 Å². The average molecular weight is 218 g/mol. The molecule has 0 aliphatic rings. The zero-order chi connectivity index (χ0) is 12.1. The first-order valence-electron chi connectivity index (χ1n) is 5.26. The second-order valence-corrected chi connectivity index (χ2v) is 4.04. The summed E-state index contributed by atoms with van der Waals surface area (Å²) in [7, 11) is 0. The van der Waals surface area contributed by atoms with E-state index in [1.165, 1.54) is 0 Å². The van der Waals surface area contributed by atoms with E-state index in [4.69, 9.17) is 5.73 Å². The van der Waals surface area contributed by atoms with Crippen LogP contribution in [0.5, 0.6) is 0 Å². The molecule has 0 aromatic heterocycles. The molecule has 1 amide bonds. The van der Waals surface area contributed by atoms with Crippen LogP contribution in [0.3, 0.4) is 0 Å². The number of hydrogen-bond donors (Lipinski definition) is 1. The van der Waals surface area contributed by atoms with Gasteiger partial charge in [0.15, 0.2) is 0 Å². The number of Topliss-reactive ketones (excluding diaryl/α,β-unsaturated/α-hetero) is 1. The Balaban J connectivity index is 2.81. The summed E-state index contributed by atoms with van der Waals surface area (Å²) in [5.41, 5.74) is 6.03. The number of carbonyl (C=O) groups is 2. The molecule has 0 heterocycles. The molecular formula is C13H16NO2. The molecule has 1 rings (SSSR count). The fourth-order valence-electron chi connectivity index (χ4n) is 1.52. The number of amides is 1. The SMILES string of the molecule is CC(C)[C](Cc1ccccc1)C(=O)C(N)=O. The molecule has 3 nitrogen and oxygen atoms in total. The maximum Gasteiger partial charge on any atom is 0.285 e. The molecule has 0 saturated heterocycles. The summed E-state index contributed by atoms with van der Waals surface area (Å²) >= 11 is 0. The van der Waals surface area contributed by atoms with E-state index < -0.39 is 11.7 Å². The van der Waals surface area contributed by atoms with Crippen LogP contribution in [-0.4, -0.2) is 11.7 Å². The van der Waals surface area contributed by atoms with Gasteiger partial charge >= 0.3 is 0 Å². The number of benzene rings is 1. The monoisotopic (exact) mass is 218 g/mol. The number of ketones is 1. The highest BCUT2D eigenvalue weighted by Gasteiger charge is 2.27. The lowest BCUT2D eigenvalue weighted by atomic mass is 9.85. The first-order chi connectivity index (χ1) is 7.52. The smallest absolute Gasteiger partial charge is 0.285 e. The Labute approximate surface area is 95.6 Å². The number of hydrogen-bond acceptors (Lipinski definition) is 2. The van der Waals surface area contributed by atoms with Crippen molar-refractivity contribution in [3.8, 4) is 0 Å². The highest BCUT2D eigenvalue weighted by molar-refractivity contribution is 6.40. The molecule has 2 N–H and O–H groups in total. The van der Waals surface area contributed by atoms with Gasteiger partial charge in [-0.3, -0.25) is 9.59 Å². The van der Waals surface area contributed by atoms with Gasteiger partial charge in [0.25, 0.3) is 5.91 Å². The molecule has 0 fully saturated rings. The lowest BCUT2D eigenvalue weighted by Gasteiger charge is -2.16. The molecule has 1 aromatic carbocycles. The van der Waals surface area contributed by atoms with E-state index in [-0.39, 0.29) is 5.92 Å². The first-order valence-corrected chi connectivity index (χ1v) is 5.26. The lowest BCUT2D eigenvalue weighted by Crippen LogP contribution is -2.32. The highest BCUT2D eigenvalue weighted by atomic mass is 16.2. The van der Waals surface area contributed by atoms with Gasteiger partial charge < -0.3 is 5.73 Å². The van der Waals surface area contributed by atoms with Crippen molar-refractivity contribution in [1.82, 2.24) is 0 Å². The quantitative estimate of drug-likeness (QED) is 0.761. The molecule has 1 radical (unpaired) electrons. The van der Waals surface area contributed by atoms with E-state index in [0.717, 1.165) is 5.56 Å². The Kier molecular flexibility index (Phi) is 4.23. The summed E-state index contributed by atoms with van der Waals surface area (Å²) in [5, 5.41) is 0. The van der Waals surface area contributed by atoms with E-state index in [0.29, 0.717) is 12.3 Å². The van der Waals surface area contributed by atoms with Gasteiger partial charge in [0.1, 0.15) is 0 Å². The largest absolute Gasteiger partial charge is 0.363 e. The van der Waals surface area contributed by atoms with Crippen LogP contribution in [-0.2, 0) is 16.0 Å². The fraction of sp³-hybridized carbons (Fsp3) is 0.308. The normalized spacial score (nSPS) is 10.8. The predicted molar refractivity (Wildman–Crippen MR) is 62.4 cm³/mol. The minimum Gasteiger partial charge on any atom is -0.363 e. The molecule has 1 aromatic rings. The van der Waals surface area contributed by atoms with Crippen LogP contribution in [0.15, 0.2) is 30.3 Å². The topological polar surface area (TPSA) is 60.2 Å². The summed E-state index contributed by atoms with van der Waals surface area (Å²) in [6.07, 6.45) is 0.486. The maximum absolute atomic E-state index is 11.6. The van der Waals surface area contributed by atoms with E-state index in [1.807, 2.05) is 44.2 Å². The van der Waals surface area contributed by atoms with Crippen molar-refractivity contribution < 1.29 is 9.59 Å². The summed E-state index contributed by atoms with van der Waals surface area (Å²) in [5.74, 6) is -0.836. The summed E-state index contributed by atoms with van der Waals surface area (Å²) in [6, 6.07) is 9.58. The van der Waals surface area contributed by atoms with Gasteiger partial charge in [0.05, 0.1) is 5.92 Å². The molecule has 16 heavy (non-hydrogen) atoms. The van der Waals surface area contributed by atoms with Crippen molar-refractivity contribution in [2.24, 2.45) is 11.7 Å². The minimum atomic E-state index is -0.875. The molecular weight excluding hydrogens is 202 g/mol. The van der Waals surface area contributed by atoms with Crippen molar-refractivity contribution in [2.75, 3.05) is 0 Å². The summed E-state index contributed by atoms with van der Waals surface area (Å²) in [4.78, 5) is 22.5. The van der Waals surface area contributed by atoms with Gasteiger partial charge in [-0.25, -0.2) is 0 Å². The van der Waals surface area contributed by atoms with Gasteiger partial charge in [0.2, 0.25) is 5.78 Å². The molecule has 0 aliphatic heterocycles. The molecule has 0 bridgehead atoms. The Morgan fingerprint density at radius 1 is 1.19 bits per heavy atom. The number of carbonyl (C=O) groups excluding carboxylic acids is 2. The minimum absolute atomic E-state index is 0.0280. The number of primary amides is 1. The second kappa shape index (κ2) is 5.45. The molecule has 0 atom stereocenters. The third-order valence-electron chi connectivity index (χ3n) is 2.45. The van der Waals surface area contributed by atoms with Crippen LogP contribution in [0.1, 0.15) is 19.4 Å². The number of nitrogens with two attached hydrogens (primary N) is 1. The van der Waals surface area contributed by atoms with Gasteiger partial charge in [-0.15, -0.1) is 0 Å². The summed E-state index contributed by atoms with van der Waals surface area (Å²) < 4.78 is 0. The van der Waals surface area contributed by atoms with Crippen molar-refractivity contribution in [2.45, 2.75) is 20.3 Å². The third kappa shape index (κ3) is 3.19. The van der Waals surface area contributed by atoms with E-state index in [1.54, 1.807) is 0 Å². The van der Waals surface area contributed by atoms with Crippen molar-refractivity contribution in [3.63, 3.8) is 0 Å². The Morgan fingerprint density at radius 3 is 2.19 bits per heavy atom. The van der Waals surface area contributed by atoms with Crippen LogP contribution in [0, 0.1) is 11.8 Å². The van der Waals surface area contributed by atoms with Crippen LogP contribution in [0.2, 0.25) is 0 Å². The van der Waals surface area contributed by atoms with Crippen LogP contribution >= 0.6 is 0 Å². The Bertz CT molecular complexity index is 371. The van der Waals surface area contributed by atoms with Crippen molar-refractivity contribution in [3.05, 3.63) is 41.8 Å². The highest BCUT2D eigenvalue weighted by Crippen LogP contribution is 2.20. The van der Waals surface area contributed by atoms with Crippen molar-refractivity contribution in [1.29, 1.82) is 0 Å². The van der Waals surface area contributed by atoms with Gasteiger partial charge in [-0.2, -0.15) is 0 Å². The maximum atomic E-state index is 11.6. The van der Waals surface area contributed by atoms with Crippen LogP contribution < -0.4 is 5.73 Å². The van der Waals surface area contributed by atoms with Crippen LogP contribution in [0.25, 0.3) is 0 Å². The van der Waals surface area contributed by atoms with Crippen molar-refractivity contribution >= 4 is 11.7 Å². The lowest BCUT2D eigenvalue weighted by molar-refractivity contribution is -0.135. The Morgan fingerprint density at radius 2 is 1.75 bits per heavy atom. The zero-order valence-electron chi connectivity index (χ0n) is 9.57. The van der Waals surface area contributed by atoms with E-state index >= 15 is 0 Å². The van der Waals surface area contributed by atoms with E-state index in [2.05, 4.69) is 0 Å². The molecule has 3 heteroatoms. The molecule has 0 aliphatic carbocycles. The predicted octanol–water partition coefficient (Wildman–Crippen LogP) is 1.51. The second-order valence-electron chi connectivity index (χ2n) is 4.04. The average Bonchev–Trinajstić information content (AvgIpc) is 2.26. The van der Waals surface area contributed by atoms with E-state index in [9.17, 15) is 9.59 Å². The first kappa shape index (κ1) is 12.4. The van der Waals surface area contributed by atoms with Gasteiger partial charge in [-0.05, 0) is 17.9 Å². The number of rotatable bonds is 5. The standard InChI is InChI=1S/C13H16NO2/c1-9(2)11(12(15)13(14)16)8-10-6-4-3-5-7-10/h3-7,9H,8H2,1-2H3,(H2,14,16). The van der Waals surface area contributed by atoms with Gasteiger partial charge in [-0.1, -0.05) is 44.2 Å². The fourth-order valence-corrected chi connectivity index (χ4v) is 1.52. The zero-order valence-corrected chi connectivity index (χ0v) is 9.57. The molecule has 85 valence electrons. The molecule has 0 saturated carbocycles. The molecule has 0 unspecified atom stereocenters. The molecule has 0 spiro atoms.